The van der Waals surface area contributed by atoms with Gasteiger partial charge in [0.25, 0.3) is 0 Å². The fraction of sp³-hybridized carbons (Fsp3) is 0.357. The standard InChI is InChI=1S/C14H12F2N2O3/c15-8-4-7(5-9(16)6-8)12-17-13(21-18-12)10-2-1-3-11(10)14(19)20/h4-6,10-11H,1-3H2,(H,19,20). The van der Waals surface area contributed by atoms with Gasteiger partial charge in [-0.3, -0.25) is 4.79 Å². The maximum absolute atomic E-state index is 13.2. The number of hydrogen-bond acceptors (Lipinski definition) is 4. The topological polar surface area (TPSA) is 76.2 Å². The van der Waals surface area contributed by atoms with Crippen LogP contribution in [0.15, 0.2) is 22.7 Å². The van der Waals surface area contributed by atoms with Crippen molar-refractivity contribution >= 4 is 5.97 Å². The number of carbonyl (C=O) groups is 1. The van der Waals surface area contributed by atoms with Crippen LogP contribution in [0.3, 0.4) is 0 Å². The number of hydrogen-bond donors (Lipinski definition) is 1. The van der Waals surface area contributed by atoms with Crippen LogP contribution in [0.5, 0.6) is 0 Å². The molecule has 1 aliphatic rings. The summed E-state index contributed by atoms with van der Waals surface area (Å²) in [4.78, 5) is 15.3. The van der Waals surface area contributed by atoms with E-state index < -0.39 is 23.5 Å². The van der Waals surface area contributed by atoms with Gasteiger partial charge in [-0.05, 0) is 25.0 Å². The molecule has 110 valence electrons. The highest BCUT2D eigenvalue weighted by Gasteiger charge is 2.37. The number of aromatic nitrogens is 2. The first-order valence-electron chi connectivity index (χ1n) is 6.57. The van der Waals surface area contributed by atoms with E-state index in [0.29, 0.717) is 12.8 Å². The van der Waals surface area contributed by atoms with Gasteiger partial charge < -0.3 is 9.63 Å². The average Bonchev–Trinajstić information content (AvgIpc) is 3.06. The van der Waals surface area contributed by atoms with Crippen molar-refractivity contribution in [2.24, 2.45) is 5.92 Å². The van der Waals surface area contributed by atoms with Crippen LogP contribution in [-0.4, -0.2) is 21.2 Å². The number of aliphatic carboxylic acids is 1. The van der Waals surface area contributed by atoms with Crippen molar-refractivity contribution in [3.8, 4) is 11.4 Å². The van der Waals surface area contributed by atoms with Gasteiger partial charge in [-0.15, -0.1) is 0 Å². The van der Waals surface area contributed by atoms with Crippen LogP contribution in [0.4, 0.5) is 8.78 Å². The molecule has 1 heterocycles. The Morgan fingerprint density at radius 1 is 1.24 bits per heavy atom. The van der Waals surface area contributed by atoms with E-state index >= 15 is 0 Å². The molecular weight excluding hydrogens is 282 g/mol. The molecule has 3 rings (SSSR count). The summed E-state index contributed by atoms with van der Waals surface area (Å²) in [7, 11) is 0. The number of carboxylic acids is 1. The zero-order valence-electron chi connectivity index (χ0n) is 10.9. The van der Waals surface area contributed by atoms with Crippen molar-refractivity contribution in [2.75, 3.05) is 0 Å². The number of rotatable bonds is 3. The fourth-order valence-corrected chi connectivity index (χ4v) is 2.74. The van der Waals surface area contributed by atoms with Gasteiger partial charge in [0.05, 0.1) is 11.8 Å². The van der Waals surface area contributed by atoms with Crippen LogP contribution in [-0.2, 0) is 4.79 Å². The molecule has 0 radical (unpaired) electrons. The van der Waals surface area contributed by atoms with E-state index in [9.17, 15) is 13.6 Å². The highest BCUT2D eigenvalue weighted by molar-refractivity contribution is 5.71. The average molecular weight is 294 g/mol. The molecule has 0 saturated heterocycles. The summed E-state index contributed by atoms with van der Waals surface area (Å²) in [5, 5.41) is 12.8. The smallest absolute Gasteiger partial charge is 0.307 e. The third kappa shape index (κ3) is 2.63. The minimum absolute atomic E-state index is 0.0550. The molecule has 2 unspecified atom stereocenters. The van der Waals surface area contributed by atoms with Gasteiger partial charge in [0.15, 0.2) is 0 Å². The van der Waals surface area contributed by atoms with Gasteiger partial charge in [-0.25, -0.2) is 8.78 Å². The summed E-state index contributed by atoms with van der Waals surface area (Å²) in [6.45, 7) is 0. The monoisotopic (exact) mass is 294 g/mol. The second-order valence-corrected chi connectivity index (χ2v) is 5.10. The van der Waals surface area contributed by atoms with Gasteiger partial charge in [0, 0.05) is 11.6 Å². The van der Waals surface area contributed by atoms with Crippen molar-refractivity contribution in [1.82, 2.24) is 10.1 Å². The lowest BCUT2D eigenvalue weighted by Gasteiger charge is -2.10. The van der Waals surface area contributed by atoms with Crippen molar-refractivity contribution in [2.45, 2.75) is 25.2 Å². The summed E-state index contributed by atoms with van der Waals surface area (Å²) < 4.78 is 31.5. The van der Waals surface area contributed by atoms with Gasteiger partial charge in [-0.1, -0.05) is 11.6 Å². The molecule has 0 spiro atoms. The van der Waals surface area contributed by atoms with E-state index in [0.717, 1.165) is 24.6 Å². The lowest BCUT2D eigenvalue weighted by molar-refractivity contribution is -0.142. The maximum atomic E-state index is 13.2. The summed E-state index contributed by atoms with van der Waals surface area (Å²) in [6.07, 6.45) is 1.98. The lowest BCUT2D eigenvalue weighted by atomic mass is 9.96. The molecule has 5 nitrogen and oxygen atoms in total. The number of nitrogens with zero attached hydrogens (tertiary/aromatic N) is 2. The second kappa shape index (κ2) is 5.23. The van der Waals surface area contributed by atoms with E-state index in [1.165, 1.54) is 0 Å². The normalized spacial score (nSPS) is 21.6. The number of halogens is 2. The predicted molar refractivity (Wildman–Crippen MR) is 67.4 cm³/mol. The first-order valence-corrected chi connectivity index (χ1v) is 6.57. The van der Waals surface area contributed by atoms with E-state index in [1.54, 1.807) is 0 Å². The van der Waals surface area contributed by atoms with Crippen molar-refractivity contribution in [3.05, 3.63) is 35.7 Å². The quantitative estimate of drug-likeness (QED) is 0.941. The molecule has 0 bridgehead atoms. The van der Waals surface area contributed by atoms with Crippen molar-refractivity contribution in [3.63, 3.8) is 0 Å². The van der Waals surface area contributed by atoms with Crippen molar-refractivity contribution < 1.29 is 23.2 Å². The largest absolute Gasteiger partial charge is 0.481 e. The highest BCUT2D eigenvalue weighted by atomic mass is 19.1. The molecule has 1 saturated carbocycles. The molecule has 1 N–H and O–H groups in total. The molecule has 0 amide bonds. The third-order valence-corrected chi connectivity index (χ3v) is 3.71. The summed E-state index contributed by atoms with van der Waals surface area (Å²) >= 11 is 0. The Bertz CT molecular complexity index is 666. The van der Waals surface area contributed by atoms with Crippen LogP contribution in [0.1, 0.15) is 31.1 Å². The van der Waals surface area contributed by atoms with E-state index in [1.807, 2.05) is 0 Å². The molecular formula is C14H12F2N2O3. The molecule has 7 heteroatoms. The summed E-state index contributed by atoms with van der Waals surface area (Å²) in [6, 6.07) is 2.95. The molecule has 2 aromatic rings. The zero-order valence-corrected chi connectivity index (χ0v) is 10.9. The minimum Gasteiger partial charge on any atom is -0.481 e. The minimum atomic E-state index is -0.894. The van der Waals surface area contributed by atoms with E-state index in [2.05, 4.69) is 10.1 Å². The first-order chi connectivity index (χ1) is 10.0. The molecule has 1 aliphatic carbocycles. The van der Waals surface area contributed by atoms with Crippen LogP contribution >= 0.6 is 0 Å². The van der Waals surface area contributed by atoms with Gasteiger partial charge in [0.1, 0.15) is 11.6 Å². The molecule has 1 aromatic heterocycles. The predicted octanol–water partition coefficient (Wildman–Crippen LogP) is 2.98. The van der Waals surface area contributed by atoms with Gasteiger partial charge in [-0.2, -0.15) is 4.98 Å². The van der Waals surface area contributed by atoms with Crippen LogP contribution < -0.4 is 0 Å². The molecule has 2 atom stereocenters. The van der Waals surface area contributed by atoms with Crippen LogP contribution in [0.25, 0.3) is 11.4 Å². The van der Waals surface area contributed by atoms with Crippen molar-refractivity contribution in [1.29, 1.82) is 0 Å². The first kappa shape index (κ1) is 13.7. The molecule has 1 fully saturated rings. The second-order valence-electron chi connectivity index (χ2n) is 5.10. The number of carboxylic acid groups (broad SMARTS) is 1. The van der Waals surface area contributed by atoms with Gasteiger partial charge in [0.2, 0.25) is 11.7 Å². The Kier molecular flexibility index (Phi) is 3.40. The Balaban J connectivity index is 1.91. The Morgan fingerprint density at radius 2 is 1.95 bits per heavy atom. The fourth-order valence-electron chi connectivity index (χ4n) is 2.74. The van der Waals surface area contributed by atoms with Crippen LogP contribution in [0.2, 0.25) is 0 Å². The summed E-state index contributed by atoms with van der Waals surface area (Å²) in [5.74, 6) is -3.00. The summed E-state index contributed by atoms with van der Waals surface area (Å²) in [5.41, 5.74) is 0.160. The molecule has 21 heavy (non-hydrogen) atoms. The zero-order chi connectivity index (χ0) is 15.0. The van der Waals surface area contributed by atoms with E-state index in [-0.39, 0.29) is 23.2 Å². The Morgan fingerprint density at radius 3 is 2.62 bits per heavy atom. The highest BCUT2D eigenvalue weighted by Crippen LogP contribution is 2.39. The van der Waals surface area contributed by atoms with Gasteiger partial charge >= 0.3 is 5.97 Å². The third-order valence-electron chi connectivity index (χ3n) is 3.71. The maximum Gasteiger partial charge on any atom is 0.307 e. The Hall–Kier alpha value is -2.31. The molecule has 1 aromatic carbocycles. The number of benzene rings is 1. The SMILES string of the molecule is O=C(O)C1CCCC1c1nc(-c2cc(F)cc(F)c2)no1. The Labute approximate surface area is 118 Å². The van der Waals surface area contributed by atoms with Crippen LogP contribution in [0, 0.1) is 17.6 Å². The van der Waals surface area contributed by atoms with E-state index in [4.69, 9.17) is 9.63 Å². The molecule has 0 aliphatic heterocycles. The lowest BCUT2D eigenvalue weighted by Crippen LogP contribution is -2.17.